The lowest BCUT2D eigenvalue weighted by Gasteiger charge is -2.10. The molecule has 0 saturated carbocycles. The third-order valence-corrected chi connectivity index (χ3v) is 1.89. The number of benzene rings is 1. The largest absolute Gasteiger partial charge is 0.420 e. The van der Waals surface area contributed by atoms with Crippen LogP contribution in [0.2, 0.25) is 5.02 Å². The summed E-state index contributed by atoms with van der Waals surface area (Å²) in [5.41, 5.74) is -2.00. The lowest BCUT2D eigenvalue weighted by molar-refractivity contribution is -0.139. The lowest BCUT2D eigenvalue weighted by Crippen LogP contribution is -2.09. The maximum Gasteiger partial charge on any atom is 0.420 e. The highest BCUT2D eigenvalue weighted by Gasteiger charge is 2.37. The van der Waals surface area contributed by atoms with E-state index in [9.17, 15) is 17.6 Å². The van der Waals surface area contributed by atoms with Crippen LogP contribution in [0.1, 0.15) is 11.1 Å². The molecule has 0 aliphatic rings. The van der Waals surface area contributed by atoms with E-state index in [1.54, 1.807) is 0 Å². The Kier molecular flexibility index (Phi) is 2.67. The van der Waals surface area contributed by atoms with E-state index in [1.807, 2.05) is 0 Å². The summed E-state index contributed by atoms with van der Waals surface area (Å²) in [5, 5.41) is 7.47. The van der Waals surface area contributed by atoms with Crippen LogP contribution in [0.15, 0.2) is 12.1 Å². The topological polar surface area (TPSA) is 23.8 Å². The van der Waals surface area contributed by atoms with Gasteiger partial charge in [-0.2, -0.15) is 18.4 Å². The molecule has 1 aromatic carbocycles. The van der Waals surface area contributed by atoms with Gasteiger partial charge in [0.25, 0.3) is 0 Å². The lowest BCUT2D eigenvalue weighted by atomic mass is 10.1. The fraction of sp³-hybridized carbons (Fsp3) is 0.125. The quantitative estimate of drug-likeness (QED) is 0.619. The van der Waals surface area contributed by atoms with Crippen molar-refractivity contribution in [2.24, 2.45) is 0 Å². The first-order valence-corrected chi connectivity index (χ1v) is 3.71. The van der Waals surface area contributed by atoms with Crippen LogP contribution in [0.5, 0.6) is 0 Å². The highest BCUT2D eigenvalue weighted by atomic mass is 35.5. The molecule has 1 nitrogen and oxygen atoms in total. The Bertz CT molecular complexity index is 405. The fourth-order valence-corrected chi connectivity index (χ4v) is 1.20. The molecule has 1 rings (SSSR count). The molecule has 0 N–H and O–H groups in total. The van der Waals surface area contributed by atoms with Crippen molar-refractivity contribution < 1.29 is 17.6 Å². The SMILES string of the molecule is N#Cc1ccc(F)c(C(F)(F)F)c1Cl. The standard InChI is InChI=1S/C8H2ClF4N/c9-7-4(3-14)1-2-5(10)6(7)8(11,12)13/h1-2H. The molecule has 6 heteroatoms. The van der Waals surface area contributed by atoms with Gasteiger partial charge in [0, 0.05) is 0 Å². The average Bonchev–Trinajstić information content (AvgIpc) is 2.02. The first-order valence-electron chi connectivity index (χ1n) is 3.33. The second kappa shape index (κ2) is 3.46. The van der Waals surface area contributed by atoms with E-state index in [4.69, 9.17) is 16.9 Å². The van der Waals surface area contributed by atoms with Crippen LogP contribution in [0.3, 0.4) is 0 Å². The minimum atomic E-state index is -4.89. The third kappa shape index (κ3) is 1.80. The van der Waals surface area contributed by atoms with E-state index in [0.29, 0.717) is 6.07 Å². The third-order valence-electron chi connectivity index (χ3n) is 1.50. The summed E-state index contributed by atoms with van der Waals surface area (Å²) in [6.07, 6.45) is -4.89. The molecule has 0 saturated heterocycles. The fourth-order valence-electron chi connectivity index (χ4n) is 0.899. The number of hydrogen-bond donors (Lipinski definition) is 0. The Morgan fingerprint density at radius 2 is 1.86 bits per heavy atom. The maximum absolute atomic E-state index is 12.7. The summed E-state index contributed by atoms with van der Waals surface area (Å²) in [7, 11) is 0. The Hall–Kier alpha value is -1.28. The van der Waals surface area contributed by atoms with Gasteiger partial charge in [-0.3, -0.25) is 0 Å². The molecule has 0 amide bonds. The van der Waals surface area contributed by atoms with Crippen molar-refractivity contribution in [1.29, 1.82) is 5.26 Å². The molecule has 0 aliphatic heterocycles. The normalized spacial score (nSPS) is 11.1. The highest BCUT2D eigenvalue weighted by Crippen LogP contribution is 2.37. The molecule has 0 radical (unpaired) electrons. The zero-order valence-electron chi connectivity index (χ0n) is 6.49. The van der Waals surface area contributed by atoms with Crippen LogP contribution in [-0.2, 0) is 6.18 Å². The van der Waals surface area contributed by atoms with E-state index < -0.39 is 28.1 Å². The zero-order chi connectivity index (χ0) is 10.9. The van der Waals surface area contributed by atoms with E-state index >= 15 is 0 Å². The van der Waals surface area contributed by atoms with Crippen LogP contribution in [0, 0.1) is 17.1 Å². The van der Waals surface area contributed by atoms with Crippen LogP contribution in [0.25, 0.3) is 0 Å². The smallest absolute Gasteiger partial charge is 0.206 e. The molecule has 0 aromatic heterocycles. The second-order valence-corrected chi connectivity index (χ2v) is 2.77. The molecule has 0 heterocycles. The van der Waals surface area contributed by atoms with Gasteiger partial charge >= 0.3 is 6.18 Å². The number of nitrogens with zero attached hydrogens (tertiary/aromatic N) is 1. The molecule has 0 atom stereocenters. The molecule has 0 fully saturated rings. The van der Waals surface area contributed by atoms with Gasteiger partial charge in [-0.15, -0.1) is 0 Å². The predicted octanol–water partition coefficient (Wildman–Crippen LogP) is 3.37. The molecule has 0 unspecified atom stereocenters. The highest BCUT2D eigenvalue weighted by molar-refractivity contribution is 6.32. The molecule has 1 aromatic rings. The van der Waals surface area contributed by atoms with Gasteiger partial charge in [0.15, 0.2) is 0 Å². The summed E-state index contributed by atoms with van der Waals surface area (Å²) in [5.74, 6) is -1.48. The number of halogens is 5. The van der Waals surface area contributed by atoms with Crippen molar-refractivity contribution in [3.63, 3.8) is 0 Å². The number of alkyl halides is 3. The van der Waals surface area contributed by atoms with E-state index in [2.05, 4.69) is 0 Å². The minimum Gasteiger partial charge on any atom is -0.206 e. The summed E-state index contributed by atoms with van der Waals surface area (Å²) < 4.78 is 49.3. The summed E-state index contributed by atoms with van der Waals surface area (Å²) >= 11 is 5.22. The van der Waals surface area contributed by atoms with E-state index in [-0.39, 0.29) is 0 Å². The van der Waals surface area contributed by atoms with Gasteiger partial charge in [-0.25, -0.2) is 4.39 Å². The minimum absolute atomic E-state index is 0.402. The maximum atomic E-state index is 12.7. The van der Waals surface area contributed by atoms with Gasteiger partial charge in [0.2, 0.25) is 0 Å². The molecule has 0 aliphatic carbocycles. The summed E-state index contributed by atoms with van der Waals surface area (Å²) in [6.45, 7) is 0. The van der Waals surface area contributed by atoms with Crippen LogP contribution in [-0.4, -0.2) is 0 Å². The molecular weight excluding hydrogens is 222 g/mol. The van der Waals surface area contributed by atoms with Crippen molar-refractivity contribution in [3.8, 4) is 6.07 Å². The van der Waals surface area contributed by atoms with Gasteiger partial charge < -0.3 is 0 Å². The van der Waals surface area contributed by atoms with Gasteiger partial charge in [0.1, 0.15) is 17.4 Å². The first kappa shape index (κ1) is 10.8. The first-order chi connectivity index (χ1) is 6.38. The Morgan fingerprint density at radius 1 is 1.29 bits per heavy atom. The Balaban J connectivity index is 3.50. The van der Waals surface area contributed by atoms with Crippen molar-refractivity contribution >= 4 is 11.6 Å². The monoisotopic (exact) mass is 223 g/mol. The van der Waals surface area contributed by atoms with Crippen molar-refractivity contribution in [3.05, 3.63) is 34.1 Å². The van der Waals surface area contributed by atoms with Gasteiger partial charge in [0.05, 0.1) is 10.6 Å². The Morgan fingerprint density at radius 3 is 2.29 bits per heavy atom. The number of hydrogen-bond acceptors (Lipinski definition) is 1. The molecule has 0 spiro atoms. The van der Waals surface area contributed by atoms with Crippen molar-refractivity contribution in [1.82, 2.24) is 0 Å². The van der Waals surface area contributed by atoms with Gasteiger partial charge in [-0.05, 0) is 12.1 Å². The number of nitriles is 1. The predicted molar refractivity (Wildman–Crippen MR) is 41.1 cm³/mol. The van der Waals surface area contributed by atoms with Crippen LogP contribution < -0.4 is 0 Å². The average molecular weight is 224 g/mol. The summed E-state index contributed by atoms with van der Waals surface area (Å²) in [4.78, 5) is 0. The summed E-state index contributed by atoms with van der Waals surface area (Å²) in [6, 6.07) is 2.89. The van der Waals surface area contributed by atoms with Crippen LogP contribution in [0.4, 0.5) is 17.6 Å². The molecule has 0 bridgehead atoms. The zero-order valence-corrected chi connectivity index (χ0v) is 7.25. The second-order valence-electron chi connectivity index (χ2n) is 2.39. The Labute approximate surface area is 81.5 Å². The molecule has 74 valence electrons. The molecule has 14 heavy (non-hydrogen) atoms. The van der Waals surface area contributed by atoms with Crippen LogP contribution >= 0.6 is 11.6 Å². The molecular formula is C8H2ClF4N. The van der Waals surface area contributed by atoms with Gasteiger partial charge in [-0.1, -0.05) is 11.6 Å². The van der Waals surface area contributed by atoms with E-state index in [0.717, 1.165) is 6.07 Å². The van der Waals surface area contributed by atoms with Crippen molar-refractivity contribution in [2.45, 2.75) is 6.18 Å². The number of rotatable bonds is 0. The van der Waals surface area contributed by atoms with Crippen molar-refractivity contribution in [2.75, 3.05) is 0 Å². The van der Waals surface area contributed by atoms with E-state index in [1.165, 1.54) is 6.07 Å².